The van der Waals surface area contributed by atoms with Crippen molar-refractivity contribution in [2.45, 2.75) is 56.9 Å². The first-order valence-corrected chi connectivity index (χ1v) is 8.91. The van der Waals surface area contributed by atoms with Gasteiger partial charge in [-0.05, 0) is 43.4 Å². The van der Waals surface area contributed by atoms with Gasteiger partial charge in [0.25, 0.3) is 0 Å². The standard InChI is InChI=1S/C15H23FN2O2S/c1-3-11-6-4-5-7-14(11)18-21(19,20)15-9-13(17)10(2)8-12(15)16/h8-9,11,14,18H,3-7,17H2,1-2H3. The molecule has 2 rings (SSSR count). The molecule has 0 bridgehead atoms. The molecule has 0 saturated heterocycles. The van der Waals surface area contributed by atoms with Crippen molar-refractivity contribution in [3.63, 3.8) is 0 Å². The van der Waals surface area contributed by atoms with E-state index in [1.807, 2.05) is 0 Å². The minimum Gasteiger partial charge on any atom is -0.398 e. The van der Waals surface area contributed by atoms with Crippen molar-refractivity contribution in [3.8, 4) is 0 Å². The fourth-order valence-corrected chi connectivity index (χ4v) is 4.42. The number of halogens is 1. The van der Waals surface area contributed by atoms with Gasteiger partial charge in [0.1, 0.15) is 10.7 Å². The summed E-state index contributed by atoms with van der Waals surface area (Å²) in [5, 5.41) is 0. The van der Waals surface area contributed by atoms with Crippen molar-refractivity contribution in [1.29, 1.82) is 0 Å². The van der Waals surface area contributed by atoms with Crippen LogP contribution in [-0.4, -0.2) is 14.5 Å². The number of benzene rings is 1. The molecule has 1 aliphatic carbocycles. The van der Waals surface area contributed by atoms with E-state index in [4.69, 9.17) is 5.73 Å². The van der Waals surface area contributed by atoms with Gasteiger partial charge in [-0.3, -0.25) is 0 Å². The van der Waals surface area contributed by atoms with Gasteiger partial charge in [0.2, 0.25) is 10.0 Å². The van der Waals surface area contributed by atoms with Gasteiger partial charge in [-0.15, -0.1) is 0 Å². The lowest BCUT2D eigenvalue weighted by Crippen LogP contribution is -2.42. The molecule has 118 valence electrons. The van der Waals surface area contributed by atoms with Crippen LogP contribution in [0.5, 0.6) is 0 Å². The first-order valence-electron chi connectivity index (χ1n) is 7.43. The smallest absolute Gasteiger partial charge is 0.243 e. The normalized spacial score (nSPS) is 23.2. The van der Waals surface area contributed by atoms with E-state index in [2.05, 4.69) is 11.6 Å². The van der Waals surface area contributed by atoms with E-state index in [1.54, 1.807) is 6.92 Å². The molecular weight excluding hydrogens is 291 g/mol. The highest BCUT2D eigenvalue weighted by Gasteiger charge is 2.30. The second-order valence-corrected chi connectivity index (χ2v) is 7.50. The maximum atomic E-state index is 14.0. The van der Waals surface area contributed by atoms with Crippen molar-refractivity contribution >= 4 is 15.7 Å². The molecule has 4 nitrogen and oxygen atoms in total. The molecule has 0 spiro atoms. The SMILES string of the molecule is CCC1CCCCC1NS(=O)(=O)c1cc(N)c(C)cc1F. The average molecular weight is 314 g/mol. The number of nitrogens with two attached hydrogens (primary N) is 1. The number of rotatable bonds is 4. The highest BCUT2D eigenvalue weighted by Crippen LogP contribution is 2.29. The highest BCUT2D eigenvalue weighted by molar-refractivity contribution is 7.89. The summed E-state index contributed by atoms with van der Waals surface area (Å²) in [6.07, 6.45) is 4.87. The summed E-state index contributed by atoms with van der Waals surface area (Å²) < 4.78 is 41.5. The number of nitrogens with one attached hydrogen (secondary N) is 1. The lowest BCUT2D eigenvalue weighted by Gasteiger charge is -2.31. The Morgan fingerprint density at radius 3 is 2.67 bits per heavy atom. The molecule has 21 heavy (non-hydrogen) atoms. The third-order valence-electron chi connectivity index (χ3n) is 4.35. The maximum absolute atomic E-state index is 14.0. The van der Waals surface area contributed by atoms with E-state index in [9.17, 15) is 12.8 Å². The zero-order valence-electron chi connectivity index (χ0n) is 12.5. The lowest BCUT2D eigenvalue weighted by molar-refractivity contribution is 0.282. The molecule has 0 aromatic heterocycles. The molecule has 2 atom stereocenters. The van der Waals surface area contributed by atoms with Crippen LogP contribution < -0.4 is 10.5 Å². The summed E-state index contributed by atoms with van der Waals surface area (Å²) in [6.45, 7) is 3.71. The zero-order valence-corrected chi connectivity index (χ0v) is 13.3. The van der Waals surface area contributed by atoms with Crippen molar-refractivity contribution in [2.24, 2.45) is 5.92 Å². The third-order valence-corrected chi connectivity index (χ3v) is 5.85. The number of aryl methyl sites for hydroxylation is 1. The molecular formula is C15H23FN2O2S. The molecule has 1 aromatic rings. The van der Waals surface area contributed by atoms with Gasteiger partial charge in [-0.25, -0.2) is 17.5 Å². The Bertz CT molecular complexity index is 616. The monoisotopic (exact) mass is 314 g/mol. The predicted octanol–water partition coefficient (Wildman–Crippen LogP) is 2.96. The van der Waals surface area contributed by atoms with Gasteiger partial charge in [0, 0.05) is 11.7 Å². The molecule has 0 heterocycles. The van der Waals surface area contributed by atoms with Crippen LogP contribution in [0.3, 0.4) is 0 Å². The van der Waals surface area contributed by atoms with E-state index >= 15 is 0 Å². The molecule has 0 amide bonds. The summed E-state index contributed by atoms with van der Waals surface area (Å²) in [7, 11) is -3.88. The van der Waals surface area contributed by atoms with E-state index in [-0.39, 0.29) is 16.6 Å². The van der Waals surface area contributed by atoms with Gasteiger partial charge in [-0.2, -0.15) is 0 Å². The molecule has 0 radical (unpaired) electrons. The van der Waals surface area contributed by atoms with Gasteiger partial charge in [0.05, 0.1) is 0 Å². The van der Waals surface area contributed by atoms with Crippen LogP contribution in [0.25, 0.3) is 0 Å². The fraction of sp³-hybridized carbons (Fsp3) is 0.600. The Balaban J connectivity index is 2.28. The van der Waals surface area contributed by atoms with E-state index in [0.29, 0.717) is 11.5 Å². The minimum absolute atomic E-state index is 0.115. The van der Waals surface area contributed by atoms with Crippen LogP contribution in [-0.2, 0) is 10.0 Å². The van der Waals surface area contributed by atoms with Crippen LogP contribution in [0.1, 0.15) is 44.6 Å². The largest absolute Gasteiger partial charge is 0.398 e. The molecule has 1 fully saturated rings. The van der Waals surface area contributed by atoms with Crippen molar-refractivity contribution in [2.75, 3.05) is 5.73 Å². The average Bonchev–Trinajstić information content (AvgIpc) is 2.43. The number of hydrogen-bond donors (Lipinski definition) is 2. The molecule has 6 heteroatoms. The number of hydrogen-bond acceptors (Lipinski definition) is 3. The molecule has 0 aliphatic heterocycles. The van der Waals surface area contributed by atoms with Crippen molar-refractivity contribution < 1.29 is 12.8 Å². The van der Waals surface area contributed by atoms with E-state index in [1.165, 1.54) is 12.1 Å². The van der Waals surface area contributed by atoms with Crippen molar-refractivity contribution in [3.05, 3.63) is 23.5 Å². The van der Waals surface area contributed by atoms with Crippen LogP contribution in [0.2, 0.25) is 0 Å². The summed E-state index contributed by atoms with van der Waals surface area (Å²) >= 11 is 0. The second-order valence-electron chi connectivity index (χ2n) is 5.82. The van der Waals surface area contributed by atoms with Gasteiger partial charge in [-0.1, -0.05) is 26.2 Å². The Morgan fingerprint density at radius 1 is 1.33 bits per heavy atom. The molecule has 1 aromatic carbocycles. The second kappa shape index (κ2) is 6.32. The highest BCUT2D eigenvalue weighted by atomic mass is 32.2. The van der Waals surface area contributed by atoms with Crippen LogP contribution in [0.15, 0.2) is 17.0 Å². The Kier molecular flexibility index (Phi) is 4.88. The topological polar surface area (TPSA) is 72.2 Å². The van der Waals surface area contributed by atoms with Crippen molar-refractivity contribution in [1.82, 2.24) is 4.72 Å². The van der Waals surface area contributed by atoms with E-state index < -0.39 is 15.8 Å². The fourth-order valence-electron chi connectivity index (χ4n) is 2.99. The van der Waals surface area contributed by atoms with Crippen LogP contribution in [0, 0.1) is 18.7 Å². The van der Waals surface area contributed by atoms with Gasteiger partial charge in [0.15, 0.2) is 0 Å². The summed E-state index contributed by atoms with van der Waals surface area (Å²) in [4.78, 5) is -0.356. The lowest BCUT2D eigenvalue weighted by atomic mass is 9.83. The number of sulfonamides is 1. The summed E-state index contributed by atoms with van der Waals surface area (Å²) in [6, 6.07) is 2.26. The quantitative estimate of drug-likeness (QED) is 0.839. The van der Waals surface area contributed by atoms with E-state index in [0.717, 1.165) is 32.1 Å². The Morgan fingerprint density at radius 2 is 2.00 bits per heavy atom. The Labute approximate surface area is 126 Å². The zero-order chi connectivity index (χ0) is 15.6. The number of anilines is 1. The Hall–Kier alpha value is -1.14. The molecule has 1 aliphatic rings. The minimum atomic E-state index is -3.88. The van der Waals surface area contributed by atoms with Crippen LogP contribution in [0.4, 0.5) is 10.1 Å². The predicted molar refractivity (Wildman–Crippen MR) is 81.9 cm³/mol. The maximum Gasteiger partial charge on any atom is 0.243 e. The first kappa shape index (κ1) is 16.2. The molecule has 2 unspecified atom stereocenters. The van der Waals surface area contributed by atoms with Gasteiger partial charge < -0.3 is 5.73 Å². The summed E-state index contributed by atoms with van der Waals surface area (Å²) in [5.41, 5.74) is 6.54. The molecule has 1 saturated carbocycles. The molecule has 3 N–H and O–H groups in total. The summed E-state index contributed by atoms with van der Waals surface area (Å²) in [5.74, 6) is -0.433. The van der Waals surface area contributed by atoms with Gasteiger partial charge >= 0.3 is 0 Å². The first-order chi connectivity index (χ1) is 9.85. The number of nitrogen functional groups attached to an aromatic ring is 1. The van der Waals surface area contributed by atoms with Crippen LogP contribution >= 0.6 is 0 Å². The third kappa shape index (κ3) is 3.55.